The van der Waals surface area contributed by atoms with Crippen LogP contribution in [0.5, 0.6) is 5.75 Å². The Kier molecular flexibility index (Phi) is 6.55. The molecule has 0 radical (unpaired) electrons. The van der Waals surface area contributed by atoms with Gasteiger partial charge in [-0.1, -0.05) is 18.2 Å². The van der Waals surface area contributed by atoms with Crippen molar-refractivity contribution in [3.63, 3.8) is 0 Å². The number of nitrogens with zero attached hydrogens (tertiary/aromatic N) is 3. The Morgan fingerprint density at radius 2 is 2.04 bits per heavy atom. The van der Waals surface area contributed by atoms with Crippen LogP contribution in [-0.2, 0) is 11.3 Å². The van der Waals surface area contributed by atoms with E-state index in [1.165, 1.54) is 11.3 Å². The number of para-hydroxylation sites is 1. The Labute approximate surface area is 141 Å². The number of carbonyl (C=O) groups is 1. The van der Waals surface area contributed by atoms with Crippen molar-refractivity contribution in [2.24, 2.45) is 0 Å². The lowest BCUT2D eigenvalue weighted by Gasteiger charge is -2.16. The van der Waals surface area contributed by atoms with Gasteiger partial charge in [-0.05, 0) is 26.1 Å². The van der Waals surface area contributed by atoms with Crippen LogP contribution in [0.4, 0.5) is 5.13 Å². The number of aromatic nitrogens is 1. The maximum atomic E-state index is 11.5. The summed E-state index contributed by atoms with van der Waals surface area (Å²) < 4.78 is 5.69. The molecule has 1 heterocycles. The summed E-state index contributed by atoms with van der Waals surface area (Å²) in [6, 6.07) is 9.80. The van der Waals surface area contributed by atoms with E-state index in [4.69, 9.17) is 4.74 Å². The molecule has 0 unspecified atom stereocenters. The highest BCUT2D eigenvalue weighted by molar-refractivity contribution is 7.14. The maximum absolute atomic E-state index is 11.5. The lowest BCUT2D eigenvalue weighted by Crippen LogP contribution is -2.28. The first-order valence-electron chi connectivity index (χ1n) is 7.69. The first kappa shape index (κ1) is 17.4. The van der Waals surface area contributed by atoms with Crippen LogP contribution in [0.15, 0.2) is 35.7 Å². The quantitative estimate of drug-likeness (QED) is 0.745. The Morgan fingerprint density at radius 1 is 1.30 bits per heavy atom. The van der Waals surface area contributed by atoms with Crippen molar-refractivity contribution >= 4 is 22.4 Å². The average Bonchev–Trinajstić information content (AvgIpc) is 2.96. The second-order valence-electron chi connectivity index (χ2n) is 5.28. The molecule has 0 saturated heterocycles. The molecule has 0 aliphatic rings. The van der Waals surface area contributed by atoms with E-state index in [-0.39, 0.29) is 5.91 Å². The van der Waals surface area contributed by atoms with Gasteiger partial charge in [-0.2, -0.15) is 0 Å². The molecule has 23 heavy (non-hydrogen) atoms. The molecule has 2 rings (SSSR count). The fraction of sp³-hybridized carbons (Fsp3) is 0.412. The molecule has 1 amide bonds. The summed E-state index contributed by atoms with van der Waals surface area (Å²) in [6.07, 6.45) is 0. The molecule has 124 valence electrons. The summed E-state index contributed by atoms with van der Waals surface area (Å²) in [7, 11) is 2.04. The summed E-state index contributed by atoms with van der Waals surface area (Å²) in [5.74, 6) is 0.912. The Hall–Kier alpha value is -1.92. The molecular weight excluding hydrogens is 310 g/mol. The van der Waals surface area contributed by atoms with Crippen LogP contribution in [0.2, 0.25) is 0 Å². The van der Waals surface area contributed by atoms with Gasteiger partial charge >= 0.3 is 0 Å². The van der Waals surface area contributed by atoms with Crippen LogP contribution in [0.25, 0.3) is 0 Å². The van der Waals surface area contributed by atoms with Crippen LogP contribution in [0.1, 0.15) is 19.5 Å². The molecule has 2 aromatic rings. The second-order valence-corrected chi connectivity index (χ2v) is 6.12. The minimum absolute atomic E-state index is 0.0259. The number of anilines is 1. The average molecular weight is 333 g/mol. The van der Waals surface area contributed by atoms with Crippen LogP contribution in [0.3, 0.4) is 0 Å². The van der Waals surface area contributed by atoms with Gasteiger partial charge in [-0.3, -0.25) is 14.6 Å². The first-order valence-corrected chi connectivity index (χ1v) is 8.57. The maximum Gasteiger partial charge on any atom is 0.225 e. The van der Waals surface area contributed by atoms with Crippen molar-refractivity contribution in [2.45, 2.75) is 20.4 Å². The topological polar surface area (TPSA) is 45.7 Å². The van der Waals surface area contributed by atoms with Crippen LogP contribution < -0.4 is 9.64 Å². The van der Waals surface area contributed by atoms with Crippen LogP contribution in [-0.4, -0.2) is 42.5 Å². The fourth-order valence-electron chi connectivity index (χ4n) is 2.18. The Bertz CT molecular complexity index is 615. The zero-order chi connectivity index (χ0) is 16.7. The molecule has 0 N–H and O–H groups in total. The van der Waals surface area contributed by atoms with Crippen LogP contribution in [0, 0.1) is 0 Å². The summed E-state index contributed by atoms with van der Waals surface area (Å²) in [6.45, 7) is 6.35. The normalized spacial score (nSPS) is 10.8. The Balaban J connectivity index is 1.80. The molecule has 6 heteroatoms. The van der Waals surface area contributed by atoms with Gasteiger partial charge in [-0.25, -0.2) is 4.98 Å². The summed E-state index contributed by atoms with van der Waals surface area (Å²) in [5.41, 5.74) is 0.979. The van der Waals surface area contributed by atoms with Gasteiger partial charge in [0.1, 0.15) is 12.4 Å². The second kappa shape index (κ2) is 8.64. The molecule has 0 aliphatic carbocycles. The lowest BCUT2D eigenvalue weighted by molar-refractivity contribution is -0.116. The third-order valence-electron chi connectivity index (χ3n) is 3.38. The molecule has 1 aromatic carbocycles. The first-order chi connectivity index (χ1) is 11.1. The van der Waals surface area contributed by atoms with Gasteiger partial charge in [0.15, 0.2) is 5.13 Å². The smallest absolute Gasteiger partial charge is 0.225 e. The van der Waals surface area contributed by atoms with Gasteiger partial charge in [0, 0.05) is 31.9 Å². The van der Waals surface area contributed by atoms with Gasteiger partial charge < -0.3 is 4.74 Å². The molecule has 1 aromatic heterocycles. The van der Waals surface area contributed by atoms with Gasteiger partial charge in [0.05, 0.1) is 5.69 Å². The van der Waals surface area contributed by atoms with Crippen molar-refractivity contribution < 1.29 is 9.53 Å². The van der Waals surface area contributed by atoms with Crippen molar-refractivity contribution in [1.29, 1.82) is 0 Å². The number of thiazole rings is 1. The van der Waals surface area contributed by atoms with E-state index in [2.05, 4.69) is 9.88 Å². The van der Waals surface area contributed by atoms with Gasteiger partial charge in [0.25, 0.3) is 0 Å². The predicted molar refractivity (Wildman–Crippen MR) is 94.1 cm³/mol. The highest BCUT2D eigenvalue weighted by Gasteiger charge is 2.14. The van der Waals surface area contributed by atoms with Crippen molar-refractivity contribution in [1.82, 2.24) is 9.88 Å². The zero-order valence-corrected chi connectivity index (χ0v) is 14.7. The number of carbonyl (C=O) groups excluding carboxylic acids is 1. The highest BCUT2D eigenvalue weighted by Crippen LogP contribution is 2.21. The van der Waals surface area contributed by atoms with E-state index >= 15 is 0 Å². The standard InChI is InChI=1S/C17H23N3O2S/c1-4-20(14(2)21)17-18-15(13-23-17)12-19(3)10-11-22-16-8-6-5-7-9-16/h5-9,13H,4,10-12H2,1-3H3. The number of likely N-dealkylation sites (N-methyl/N-ethyl adjacent to an activating group) is 1. The minimum Gasteiger partial charge on any atom is -0.492 e. The molecule has 0 saturated carbocycles. The van der Waals surface area contributed by atoms with Crippen molar-refractivity contribution in [2.75, 3.05) is 31.6 Å². The molecule has 0 spiro atoms. The molecule has 0 fully saturated rings. The highest BCUT2D eigenvalue weighted by atomic mass is 32.1. The third kappa shape index (κ3) is 5.33. The number of ether oxygens (including phenoxy) is 1. The van der Waals surface area contributed by atoms with Gasteiger partial charge in [0.2, 0.25) is 5.91 Å². The fourth-order valence-corrected chi connectivity index (χ4v) is 3.10. The lowest BCUT2D eigenvalue weighted by atomic mass is 10.3. The number of hydrogen-bond donors (Lipinski definition) is 0. The predicted octanol–water partition coefficient (Wildman–Crippen LogP) is 3.03. The van der Waals surface area contributed by atoms with E-state index in [1.54, 1.807) is 11.8 Å². The van der Waals surface area contributed by atoms with E-state index in [0.717, 1.165) is 29.7 Å². The molecule has 0 bridgehead atoms. The van der Waals surface area contributed by atoms with E-state index < -0.39 is 0 Å². The molecule has 0 aliphatic heterocycles. The molecular formula is C17H23N3O2S. The van der Waals surface area contributed by atoms with Crippen LogP contribution >= 0.6 is 11.3 Å². The minimum atomic E-state index is 0.0259. The number of rotatable bonds is 8. The molecule has 5 nitrogen and oxygen atoms in total. The van der Waals surface area contributed by atoms with E-state index in [0.29, 0.717) is 13.2 Å². The van der Waals surface area contributed by atoms with Crippen molar-refractivity contribution in [3.05, 3.63) is 41.4 Å². The summed E-state index contributed by atoms with van der Waals surface area (Å²) in [5, 5.41) is 2.78. The number of amides is 1. The SMILES string of the molecule is CCN(C(C)=O)c1nc(CN(C)CCOc2ccccc2)cs1. The monoisotopic (exact) mass is 333 g/mol. The van der Waals surface area contributed by atoms with Crippen molar-refractivity contribution in [3.8, 4) is 5.75 Å². The summed E-state index contributed by atoms with van der Waals surface area (Å²) in [4.78, 5) is 19.9. The van der Waals surface area contributed by atoms with E-state index in [1.807, 2.05) is 49.7 Å². The largest absolute Gasteiger partial charge is 0.492 e. The van der Waals surface area contributed by atoms with E-state index in [9.17, 15) is 4.79 Å². The van der Waals surface area contributed by atoms with Gasteiger partial charge in [-0.15, -0.1) is 11.3 Å². The third-order valence-corrected chi connectivity index (χ3v) is 4.30. The zero-order valence-electron chi connectivity index (χ0n) is 13.9. The summed E-state index contributed by atoms with van der Waals surface area (Å²) >= 11 is 1.51. The number of benzene rings is 1. The Morgan fingerprint density at radius 3 is 2.70 bits per heavy atom. The number of hydrogen-bond acceptors (Lipinski definition) is 5. The molecule has 0 atom stereocenters.